The predicted octanol–water partition coefficient (Wildman–Crippen LogP) is 2.21. The molecule has 0 saturated carbocycles. The molecule has 0 aliphatic rings. The highest BCUT2D eigenvalue weighted by molar-refractivity contribution is 5.62. The smallest absolute Gasteiger partial charge is 0.118 e. The monoisotopic (exact) mass is 260 g/mol. The number of hydrogen-bond acceptors (Lipinski definition) is 4. The average Bonchev–Trinajstić information content (AvgIpc) is 2.88. The second-order valence-corrected chi connectivity index (χ2v) is 4.39. The van der Waals surface area contributed by atoms with Crippen molar-refractivity contribution in [3.63, 3.8) is 0 Å². The molecule has 19 heavy (non-hydrogen) atoms. The lowest BCUT2D eigenvalue weighted by atomic mass is 10.1. The van der Waals surface area contributed by atoms with Crippen LogP contribution in [0, 0.1) is 0 Å². The molecular formula is C14H20N4O. The average molecular weight is 260 g/mol. The Kier molecular flexibility index (Phi) is 4.52. The van der Waals surface area contributed by atoms with Gasteiger partial charge >= 0.3 is 0 Å². The van der Waals surface area contributed by atoms with Gasteiger partial charge in [0.25, 0.3) is 0 Å². The molecule has 2 N–H and O–H groups in total. The van der Waals surface area contributed by atoms with Crippen LogP contribution >= 0.6 is 0 Å². The predicted molar refractivity (Wildman–Crippen MR) is 74.8 cm³/mol. The zero-order valence-electron chi connectivity index (χ0n) is 11.5. The quantitative estimate of drug-likeness (QED) is 0.864. The van der Waals surface area contributed by atoms with E-state index in [2.05, 4.69) is 17.2 Å². The molecule has 1 heterocycles. The summed E-state index contributed by atoms with van der Waals surface area (Å²) in [5, 5.41) is 8.36. The van der Waals surface area contributed by atoms with Crippen molar-refractivity contribution >= 4 is 0 Å². The Morgan fingerprint density at radius 3 is 2.58 bits per heavy atom. The lowest BCUT2D eigenvalue weighted by molar-refractivity contribution is 0.415. The summed E-state index contributed by atoms with van der Waals surface area (Å²) >= 11 is 0. The van der Waals surface area contributed by atoms with Crippen LogP contribution in [0.15, 0.2) is 24.3 Å². The van der Waals surface area contributed by atoms with Crippen LogP contribution in [0.4, 0.5) is 0 Å². The van der Waals surface area contributed by atoms with Crippen molar-refractivity contribution in [3.05, 3.63) is 30.0 Å². The van der Waals surface area contributed by atoms with Crippen molar-refractivity contribution in [1.82, 2.24) is 15.0 Å². The van der Waals surface area contributed by atoms with Crippen LogP contribution in [0.3, 0.4) is 0 Å². The molecule has 0 atom stereocenters. The Hall–Kier alpha value is -1.88. The van der Waals surface area contributed by atoms with E-state index in [0.717, 1.165) is 42.1 Å². The Balaban J connectivity index is 2.36. The van der Waals surface area contributed by atoms with E-state index in [1.54, 1.807) is 7.11 Å². The molecule has 0 unspecified atom stereocenters. The van der Waals surface area contributed by atoms with E-state index < -0.39 is 0 Å². The standard InChI is InChI=1S/C14H20N4O/c1-3-4-9-18-14(13(10-15)16-17-18)11-5-7-12(19-2)8-6-11/h5-8H,3-4,9-10,15H2,1-2H3. The van der Waals surface area contributed by atoms with Crippen LogP contribution in [0.1, 0.15) is 25.5 Å². The lowest BCUT2D eigenvalue weighted by Gasteiger charge is -2.08. The zero-order valence-corrected chi connectivity index (χ0v) is 11.5. The summed E-state index contributed by atoms with van der Waals surface area (Å²) in [6, 6.07) is 7.90. The van der Waals surface area contributed by atoms with Gasteiger partial charge in [0.15, 0.2) is 0 Å². The first-order chi connectivity index (χ1) is 9.30. The van der Waals surface area contributed by atoms with Gasteiger partial charge in [0, 0.05) is 18.7 Å². The minimum Gasteiger partial charge on any atom is -0.497 e. The number of methoxy groups -OCH3 is 1. The fraction of sp³-hybridized carbons (Fsp3) is 0.429. The van der Waals surface area contributed by atoms with Gasteiger partial charge in [-0.15, -0.1) is 5.10 Å². The van der Waals surface area contributed by atoms with E-state index in [4.69, 9.17) is 10.5 Å². The van der Waals surface area contributed by atoms with Crippen molar-refractivity contribution in [2.24, 2.45) is 5.73 Å². The van der Waals surface area contributed by atoms with E-state index >= 15 is 0 Å². The number of aromatic nitrogens is 3. The molecular weight excluding hydrogens is 240 g/mol. The third-order valence-corrected chi connectivity index (χ3v) is 3.09. The Morgan fingerprint density at radius 1 is 1.26 bits per heavy atom. The van der Waals surface area contributed by atoms with E-state index in [9.17, 15) is 0 Å². The summed E-state index contributed by atoms with van der Waals surface area (Å²) in [5.41, 5.74) is 8.66. The number of nitrogens with zero attached hydrogens (tertiary/aromatic N) is 3. The summed E-state index contributed by atoms with van der Waals surface area (Å²) in [4.78, 5) is 0. The fourth-order valence-electron chi connectivity index (χ4n) is 2.02. The highest BCUT2D eigenvalue weighted by atomic mass is 16.5. The van der Waals surface area contributed by atoms with E-state index in [-0.39, 0.29) is 0 Å². The molecule has 0 amide bonds. The van der Waals surface area contributed by atoms with E-state index in [0.29, 0.717) is 6.54 Å². The van der Waals surface area contributed by atoms with Gasteiger partial charge < -0.3 is 10.5 Å². The minimum absolute atomic E-state index is 0.396. The minimum atomic E-state index is 0.396. The Labute approximate surface area is 113 Å². The molecule has 5 heteroatoms. The van der Waals surface area contributed by atoms with Gasteiger partial charge in [-0.1, -0.05) is 18.6 Å². The molecule has 0 aliphatic carbocycles. The van der Waals surface area contributed by atoms with Crippen LogP contribution in [0.25, 0.3) is 11.3 Å². The maximum atomic E-state index is 5.75. The lowest BCUT2D eigenvalue weighted by Crippen LogP contribution is -2.04. The van der Waals surface area contributed by atoms with Crippen molar-refractivity contribution in [3.8, 4) is 17.0 Å². The number of unbranched alkanes of at least 4 members (excludes halogenated alkanes) is 1. The molecule has 1 aromatic carbocycles. The number of rotatable bonds is 6. The SMILES string of the molecule is CCCCn1nnc(CN)c1-c1ccc(OC)cc1. The molecule has 2 aromatic rings. The first-order valence-corrected chi connectivity index (χ1v) is 6.57. The highest BCUT2D eigenvalue weighted by Crippen LogP contribution is 2.24. The van der Waals surface area contributed by atoms with Gasteiger partial charge in [0.05, 0.1) is 12.8 Å². The van der Waals surface area contributed by atoms with Crippen LogP contribution in [0.2, 0.25) is 0 Å². The summed E-state index contributed by atoms with van der Waals surface area (Å²) < 4.78 is 7.11. The number of aryl methyl sites for hydroxylation is 1. The molecule has 0 radical (unpaired) electrons. The largest absolute Gasteiger partial charge is 0.497 e. The van der Waals surface area contributed by atoms with Gasteiger partial charge in [-0.25, -0.2) is 4.68 Å². The van der Waals surface area contributed by atoms with Gasteiger partial charge in [0.1, 0.15) is 11.4 Å². The summed E-state index contributed by atoms with van der Waals surface area (Å²) in [7, 11) is 1.66. The van der Waals surface area contributed by atoms with Crippen molar-refractivity contribution in [2.45, 2.75) is 32.9 Å². The van der Waals surface area contributed by atoms with Gasteiger partial charge in [-0.05, 0) is 30.7 Å². The first kappa shape index (κ1) is 13.5. The molecule has 0 bridgehead atoms. The topological polar surface area (TPSA) is 66.0 Å². The normalized spacial score (nSPS) is 10.7. The van der Waals surface area contributed by atoms with Gasteiger partial charge in [-0.2, -0.15) is 0 Å². The second kappa shape index (κ2) is 6.33. The number of nitrogens with two attached hydrogens (primary N) is 1. The molecule has 5 nitrogen and oxygen atoms in total. The summed E-state index contributed by atoms with van der Waals surface area (Å²) in [6.07, 6.45) is 2.20. The van der Waals surface area contributed by atoms with Crippen molar-refractivity contribution < 1.29 is 4.74 Å². The van der Waals surface area contributed by atoms with Crippen molar-refractivity contribution in [1.29, 1.82) is 0 Å². The number of benzene rings is 1. The molecule has 0 fully saturated rings. The first-order valence-electron chi connectivity index (χ1n) is 6.57. The Bertz CT molecular complexity index is 519. The molecule has 2 rings (SSSR count). The highest BCUT2D eigenvalue weighted by Gasteiger charge is 2.13. The third kappa shape index (κ3) is 2.93. The summed E-state index contributed by atoms with van der Waals surface area (Å²) in [6.45, 7) is 3.42. The van der Waals surface area contributed by atoms with Crippen LogP contribution in [-0.4, -0.2) is 22.1 Å². The molecule has 0 spiro atoms. The van der Waals surface area contributed by atoms with Gasteiger partial charge in [-0.3, -0.25) is 0 Å². The van der Waals surface area contributed by atoms with Crippen LogP contribution in [-0.2, 0) is 13.1 Å². The van der Waals surface area contributed by atoms with E-state index in [1.165, 1.54) is 0 Å². The molecule has 1 aromatic heterocycles. The number of ether oxygens (including phenoxy) is 1. The van der Waals surface area contributed by atoms with Gasteiger partial charge in [0.2, 0.25) is 0 Å². The molecule has 0 aliphatic heterocycles. The molecule has 0 saturated heterocycles. The maximum absolute atomic E-state index is 5.75. The maximum Gasteiger partial charge on any atom is 0.118 e. The second-order valence-electron chi connectivity index (χ2n) is 4.39. The van der Waals surface area contributed by atoms with Crippen LogP contribution < -0.4 is 10.5 Å². The Morgan fingerprint density at radius 2 is 2.00 bits per heavy atom. The van der Waals surface area contributed by atoms with Crippen LogP contribution in [0.5, 0.6) is 5.75 Å². The van der Waals surface area contributed by atoms with E-state index in [1.807, 2.05) is 28.9 Å². The van der Waals surface area contributed by atoms with Crippen molar-refractivity contribution in [2.75, 3.05) is 7.11 Å². The third-order valence-electron chi connectivity index (χ3n) is 3.09. The molecule has 102 valence electrons. The fourth-order valence-corrected chi connectivity index (χ4v) is 2.02. The zero-order chi connectivity index (χ0) is 13.7. The summed E-state index contributed by atoms with van der Waals surface area (Å²) in [5.74, 6) is 0.839. The number of hydrogen-bond donors (Lipinski definition) is 1.